The summed E-state index contributed by atoms with van der Waals surface area (Å²) in [6, 6.07) is 11.4. The number of hydrogen-bond acceptors (Lipinski definition) is 1. The molecule has 0 radical (unpaired) electrons. The molecule has 1 N–H and O–H groups in total. The molecule has 0 saturated carbocycles. The van der Waals surface area contributed by atoms with Gasteiger partial charge in [0.15, 0.2) is 0 Å². The average molecular weight is 186 g/mol. The Kier molecular flexibility index (Phi) is 1.64. The van der Waals surface area contributed by atoms with E-state index in [0.29, 0.717) is 6.04 Å². The molecule has 2 heteroatoms. The highest BCUT2D eigenvalue weighted by Gasteiger charge is 2.17. The van der Waals surface area contributed by atoms with Crippen molar-refractivity contribution >= 4 is 10.9 Å². The van der Waals surface area contributed by atoms with Crippen molar-refractivity contribution in [3.63, 3.8) is 0 Å². The molecule has 1 unspecified atom stereocenters. The summed E-state index contributed by atoms with van der Waals surface area (Å²) in [5, 5.41) is 4.84. The van der Waals surface area contributed by atoms with Crippen LogP contribution < -0.4 is 5.32 Å². The van der Waals surface area contributed by atoms with Gasteiger partial charge < -0.3 is 9.88 Å². The normalized spacial score (nSPS) is 21.1. The molecule has 0 fully saturated rings. The van der Waals surface area contributed by atoms with Crippen LogP contribution in [0, 0.1) is 0 Å². The van der Waals surface area contributed by atoms with Crippen molar-refractivity contribution in [1.82, 2.24) is 9.88 Å². The minimum absolute atomic E-state index is 0.483. The molecule has 1 atom stereocenters. The third kappa shape index (κ3) is 1.01. The average Bonchev–Trinajstić information content (AvgIpc) is 2.59. The molecule has 1 aliphatic rings. The number of rotatable bonds is 0. The third-order valence-corrected chi connectivity index (χ3v) is 3.07. The van der Waals surface area contributed by atoms with Crippen LogP contribution in [0.3, 0.4) is 0 Å². The summed E-state index contributed by atoms with van der Waals surface area (Å²) in [4.78, 5) is 0. The maximum absolute atomic E-state index is 3.48. The molecule has 3 rings (SSSR count). The zero-order chi connectivity index (χ0) is 9.54. The van der Waals surface area contributed by atoms with E-state index >= 15 is 0 Å². The standard InChI is InChI=1S/C12H14N2/c1-9-12-8-10-4-2-3-5-11(10)14(12)7-6-13-9/h2-5,8-9,13H,6-7H2,1H3. The SMILES string of the molecule is CC1NCCn2c1cc1ccccc12. The molecule has 2 aromatic rings. The van der Waals surface area contributed by atoms with Gasteiger partial charge >= 0.3 is 0 Å². The summed E-state index contributed by atoms with van der Waals surface area (Å²) in [6.07, 6.45) is 0. The molecule has 72 valence electrons. The van der Waals surface area contributed by atoms with E-state index in [1.54, 1.807) is 0 Å². The molecule has 0 aliphatic carbocycles. The first-order chi connectivity index (χ1) is 6.86. The fourth-order valence-electron chi connectivity index (χ4n) is 2.34. The predicted octanol–water partition coefficient (Wildman–Crippen LogP) is 2.31. The lowest BCUT2D eigenvalue weighted by molar-refractivity contribution is 0.455. The first-order valence-electron chi connectivity index (χ1n) is 5.18. The van der Waals surface area contributed by atoms with Gasteiger partial charge in [0, 0.05) is 30.3 Å². The quantitative estimate of drug-likeness (QED) is 0.668. The van der Waals surface area contributed by atoms with Crippen LogP contribution in [-0.2, 0) is 6.54 Å². The Bertz CT molecular complexity index is 470. The smallest absolute Gasteiger partial charge is 0.0483 e. The van der Waals surface area contributed by atoms with E-state index in [0.717, 1.165) is 13.1 Å². The summed E-state index contributed by atoms with van der Waals surface area (Å²) >= 11 is 0. The van der Waals surface area contributed by atoms with Gasteiger partial charge in [-0.2, -0.15) is 0 Å². The highest BCUT2D eigenvalue weighted by atomic mass is 15.1. The molecular formula is C12H14N2. The Hall–Kier alpha value is -1.28. The first kappa shape index (κ1) is 8.06. The lowest BCUT2D eigenvalue weighted by Gasteiger charge is -2.23. The molecule has 0 saturated heterocycles. The summed E-state index contributed by atoms with van der Waals surface area (Å²) in [7, 11) is 0. The van der Waals surface area contributed by atoms with Crippen LogP contribution in [0.4, 0.5) is 0 Å². The number of aromatic nitrogens is 1. The van der Waals surface area contributed by atoms with Crippen molar-refractivity contribution in [3.05, 3.63) is 36.0 Å². The molecular weight excluding hydrogens is 172 g/mol. The Balaban J connectivity index is 2.32. The Morgan fingerprint density at radius 3 is 3.14 bits per heavy atom. The van der Waals surface area contributed by atoms with Crippen LogP contribution in [0.25, 0.3) is 10.9 Å². The molecule has 1 aliphatic heterocycles. The minimum atomic E-state index is 0.483. The fraction of sp³-hybridized carbons (Fsp3) is 0.333. The molecule has 1 aromatic heterocycles. The number of para-hydroxylation sites is 1. The van der Waals surface area contributed by atoms with E-state index in [1.807, 2.05) is 0 Å². The van der Waals surface area contributed by atoms with Crippen molar-refractivity contribution in [2.75, 3.05) is 6.54 Å². The second-order valence-corrected chi connectivity index (χ2v) is 3.96. The van der Waals surface area contributed by atoms with E-state index in [4.69, 9.17) is 0 Å². The van der Waals surface area contributed by atoms with Crippen molar-refractivity contribution in [2.45, 2.75) is 19.5 Å². The van der Waals surface area contributed by atoms with Gasteiger partial charge in [0.25, 0.3) is 0 Å². The molecule has 2 nitrogen and oxygen atoms in total. The number of nitrogens with one attached hydrogen (secondary N) is 1. The number of nitrogens with zero attached hydrogens (tertiary/aromatic N) is 1. The van der Waals surface area contributed by atoms with Crippen molar-refractivity contribution in [2.24, 2.45) is 0 Å². The minimum Gasteiger partial charge on any atom is -0.342 e. The Morgan fingerprint density at radius 1 is 1.36 bits per heavy atom. The molecule has 0 bridgehead atoms. The topological polar surface area (TPSA) is 17.0 Å². The zero-order valence-electron chi connectivity index (χ0n) is 8.33. The van der Waals surface area contributed by atoms with Crippen molar-refractivity contribution < 1.29 is 0 Å². The van der Waals surface area contributed by atoms with E-state index < -0.39 is 0 Å². The number of benzene rings is 1. The second-order valence-electron chi connectivity index (χ2n) is 3.96. The van der Waals surface area contributed by atoms with Crippen LogP contribution >= 0.6 is 0 Å². The van der Waals surface area contributed by atoms with Crippen molar-refractivity contribution in [3.8, 4) is 0 Å². The van der Waals surface area contributed by atoms with Crippen LogP contribution in [0.15, 0.2) is 30.3 Å². The molecule has 1 aromatic carbocycles. The highest BCUT2D eigenvalue weighted by molar-refractivity contribution is 5.81. The maximum atomic E-state index is 3.48. The van der Waals surface area contributed by atoms with Gasteiger partial charge in [0.2, 0.25) is 0 Å². The van der Waals surface area contributed by atoms with Gasteiger partial charge in [-0.3, -0.25) is 0 Å². The summed E-state index contributed by atoms with van der Waals surface area (Å²) < 4.78 is 2.43. The summed E-state index contributed by atoms with van der Waals surface area (Å²) in [5.74, 6) is 0. The van der Waals surface area contributed by atoms with Gasteiger partial charge in [0.05, 0.1) is 0 Å². The number of fused-ring (bicyclic) bond motifs is 3. The summed E-state index contributed by atoms with van der Waals surface area (Å²) in [5.41, 5.74) is 2.79. The van der Waals surface area contributed by atoms with Crippen LogP contribution in [0.2, 0.25) is 0 Å². The van der Waals surface area contributed by atoms with Gasteiger partial charge in [-0.1, -0.05) is 18.2 Å². The van der Waals surface area contributed by atoms with E-state index in [2.05, 4.69) is 47.1 Å². The first-order valence-corrected chi connectivity index (χ1v) is 5.18. The van der Waals surface area contributed by atoms with Crippen molar-refractivity contribution in [1.29, 1.82) is 0 Å². The monoisotopic (exact) mass is 186 g/mol. The largest absolute Gasteiger partial charge is 0.342 e. The lowest BCUT2D eigenvalue weighted by atomic mass is 10.2. The van der Waals surface area contributed by atoms with Crippen LogP contribution in [-0.4, -0.2) is 11.1 Å². The van der Waals surface area contributed by atoms with E-state index in [9.17, 15) is 0 Å². The second kappa shape index (κ2) is 2.85. The molecule has 0 spiro atoms. The van der Waals surface area contributed by atoms with Crippen LogP contribution in [0.1, 0.15) is 18.7 Å². The Morgan fingerprint density at radius 2 is 2.21 bits per heavy atom. The molecule has 2 heterocycles. The van der Waals surface area contributed by atoms with Crippen LogP contribution in [0.5, 0.6) is 0 Å². The van der Waals surface area contributed by atoms with Gasteiger partial charge in [-0.15, -0.1) is 0 Å². The molecule has 14 heavy (non-hydrogen) atoms. The zero-order valence-corrected chi connectivity index (χ0v) is 8.33. The highest BCUT2D eigenvalue weighted by Crippen LogP contribution is 2.26. The van der Waals surface area contributed by atoms with Gasteiger partial charge in [0.1, 0.15) is 0 Å². The molecule has 0 amide bonds. The fourth-order valence-corrected chi connectivity index (χ4v) is 2.34. The Labute approximate surface area is 83.5 Å². The third-order valence-electron chi connectivity index (χ3n) is 3.07. The summed E-state index contributed by atoms with van der Waals surface area (Å²) in [6.45, 7) is 4.39. The van der Waals surface area contributed by atoms with E-state index in [-0.39, 0.29) is 0 Å². The maximum Gasteiger partial charge on any atom is 0.0483 e. The van der Waals surface area contributed by atoms with E-state index in [1.165, 1.54) is 16.6 Å². The lowest BCUT2D eigenvalue weighted by Crippen LogP contribution is -2.31. The van der Waals surface area contributed by atoms with Gasteiger partial charge in [-0.05, 0) is 24.4 Å². The predicted molar refractivity (Wildman–Crippen MR) is 58.4 cm³/mol. The number of hydrogen-bond donors (Lipinski definition) is 1. The van der Waals surface area contributed by atoms with Gasteiger partial charge in [-0.25, -0.2) is 0 Å².